The molecule has 2 aromatic carbocycles. The number of fused-ring (bicyclic) bond motifs is 1. The highest BCUT2D eigenvalue weighted by atomic mass is 19.1. The molecule has 3 aromatic heterocycles. The summed E-state index contributed by atoms with van der Waals surface area (Å²) in [5.41, 5.74) is 7.04. The van der Waals surface area contributed by atoms with Gasteiger partial charge in [-0.2, -0.15) is 5.10 Å². The Morgan fingerprint density at radius 3 is 2.79 bits per heavy atom. The monoisotopic (exact) mass is 435 g/mol. The fraction of sp³-hybridized carbons (Fsp3) is 0.0741. The van der Waals surface area contributed by atoms with Crippen LogP contribution in [0.1, 0.15) is 18.2 Å². The predicted octanol–water partition coefficient (Wildman–Crippen LogP) is 4.76. The number of aryl methyl sites for hydroxylation is 1. The van der Waals surface area contributed by atoms with E-state index in [2.05, 4.69) is 31.7 Å². The van der Waals surface area contributed by atoms with Crippen LogP contribution in [0.15, 0.2) is 67.1 Å². The summed E-state index contributed by atoms with van der Waals surface area (Å²) >= 11 is 0. The highest BCUT2D eigenvalue weighted by Gasteiger charge is 2.12. The summed E-state index contributed by atoms with van der Waals surface area (Å²) < 4.78 is 14.0. The zero-order chi connectivity index (χ0) is 22.9. The summed E-state index contributed by atoms with van der Waals surface area (Å²) in [4.78, 5) is 11.9. The van der Waals surface area contributed by atoms with E-state index in [0.29, 0.717) is 0 Å². The second kappa shape index (κ2) is 8.31. The van der Waals surface area contributed by atoms with Crippen LogP contribution in [0.25, 0.3) is 51.6 Å². The average Bonchev–Trinajstić information content (AvgIpc) is 3.40. The Bertz CT molecular complexity index is 1590. The number of hydrogen-bond acceptors (Lipinski definition) is 3. The molecular formula is C27H22FN5. The second-order valence-electron chi connectivity index (χ2n) is 8.04. The second-order valence-corrected chi connectivity index (χ2v) is 8.04. The molecular weight excluding hydrogens is 413 g/mol. The topological polar surface area (TPSA) is 70.2 Å². The molecule has 0 amide bonds. The van der Waals surface area contributed by atoms with E-state index in [-0.39, 0.29) is 5.82 Å². The van der Waals surface area contributed by atoms with Crippen molar-refractivity contribution in [3.8, 4) is 22.5 Å². The van der Waals surface area contributed by atoms with Crippen molar-refractivity contribution in [2.24, 2.45) is 0 Å². The van der Waals surface area contributed by atoms with Crippen molar-refractivity contribution in [2.75, 3.05) is 0 Å². The van der Waals surface area contributed by atoms with E-state index in [9.17, 15) is 4.39 Å². The Balaban J connectivity index is 1.56. The molecule has 6 heteroatoms. The summed E-state index contributed by atoms with van der Waals surface area (Å²) in [5, 5.41) is 10.2. The minimum Gasteiger partial charge on any atom is -0.353 e. The first-order valence-electron chi connectivity index (χ1n) is 10.6. The van der Waals surface area contributed by atoms with Gasteiger partial charge in [0.25, 0.3) is 0 Å². The summed E-state index contributed by atoms with van der Waals surface area (Å²) in [6.45, 7) is 8.11. The first-order chi connectivity index (χ1) is 16.0. The molecule has 2 N–H and O–H groups in total. The van der Waals surface area contributed by atoms with Gasteiger partial charge in [-0.25, -0.2) is 4.39 Å². The summed E-state index contributed by atoms with van der Waals surface area (Å²) in [7, 11) is 0. The van der Waals surface area contributed by atoms with Crippen LogP contribution >= 0.6 is 0 Å². The fourth-order valence-corrected chi connectivity index (χ4v) is 3.96. The van der Waals surface area contributed by atoms with Gasteiger partial charge in [0.2, 0.25) is 0 Å². The standard InChI is InChI=1S/C27H22FN5/c1-16-11-19(13-20(28)12-16)21-5-4-6-24-22(21)14-25(31-24)27-18(3)23(32-33-27)8-7-17(2)26-15-29-9-10-30-26/h4-15,31-32H,3H2,1-2H3/b17-7+,23-8+. The maximum Gasteiger partial charge on any atom is 0.124 e. The maximum atomic E-state index is 14.0. The predicted molar refractivity (Wildman–Crippen MR) is 131 cm³/mol. The Hall–Kier alpha value is -4.32. The normalized spacial score (nSPS) is 12.6. The van der Waals surface area contributed by atoms with Crippen LogP contribution in [0.2, 0.25) is 0 Å². The lowest BCUT2D eigenvalue weighted by Gasteiger charge is -2.05. The molecule has 0 radical (unpaired) electrons. The van der Waals surface area contributed by atoms with Crippen LogP contribution in [0, 0.1) is 12.7 Å². The minimum atomic E-state index is -0.241. The summed E-state index contributed by atoms with van der Waals surface area (Å²) in [5.74, 6) is -0.241. The number of halogens is 1. The highest BCUT2D eigenvalue weighted by Crippen LogP contribution is 2.32. The molecule has 5 nitrogen and oxygen atoms in total. The lowest BCUT2D eigenvalue weighted by atomic mass is 10.00. The Kier molecular flexibility index (Phi) is 5.18. The Morgan fingerprint density at radius 2 is 2.00 bits per heavy atom. The van der Waals surface area contributed by atoms with E-state index in [1.165, 1.54) is 6.07 Å². The third-order valence-electron chi connectivity index (χ3n) is 5.64. The number of hydrogen-bond donors (Lipinski definition) is 2. The van der Waals surface area contributed by atoms with E-state index in [1.807, 2.05) is 56.3 Å². The molecule has 3 heterocycles. The van der Waals surface area contributed by atoms with Crippen molar-refractivity contribution in [3.63, 3.8) is 0 Å². The van der Waals surface area contributed by atoms with Crippen LogP contribution < -0.4 is 10.6 Å². The van der Waals surface area contributed by atoms with Gasteiger partial charge in [-0.15, -0.1) is 0 Å². The molecule has 33 heavy (non-hydrogen) atoms. The van der Waals surface area contributed by atoms with Gasteiger partial charge >= 0.3 is 0 Å². The van der Waals surface area contributed by atoms with Gasteiger partial charge < -0.3 is 4.98 Å². The number of allylic oxidation sites excluding steroid dienone is 2. The van der Waals surface area contributed by atoms with Crippen molar-refractivity contribution in [3.05, 3.63) is 94.8 Å². The number of nitrogens with one attached hydrogen (secondary N) is 2. The zero-order valence-corrected chi connectivity index (χ0v) is 18.4. The first kappa shape index (κ1) is 20.6. The first-order valence-corrected chi connectivity index (χ1v) is 10.6. The van der Waals surface area contributed by atoms with Crippen LogP contribution in [0.4, 0.5) is 4.39 Å². The fourth-order valence-electron chi connectivity index (χ4n) is 3.96. The lowest BCUT2D eigenvalue weighted by molar-refractivity contribution is 0.627. The quantitative estimate of drug-likeness (QED) is 0.428. The molecule has 0 bridgehead atoms. The third-order valence-corrected chi connectivity index (χ3v) is 5.64. The highest BCUT2D eigenvalue weighted by molar-refractivity contribution is 5.98. The average molecular weight is 436 g/mol. The SMILES string of the molecule is C=c1c(-c2cc3c(-c4cc(C)cc(F)c4)cccc3[nH]2)n[nH]/c1=C/C=C(\C)c1cnccn1. The summed E-state index contributed by atoms with van der Waals surface area (Å²) in [6, 6.07) is 13.1. The van der Waals surface area contributed by atoms with E-state index in [1.54, 1.807) is 24.7 Å². The van der Waals surface area contributed by atoms with Gasteiger partial charge in [-0.3, -0.25) is 15.1 Å². The lowest BCUT2D eigenvalue weighted by Crippen LogP contribution is -2.21. The van der Waals surface area contributed by atoms with Crippen LogP contribution in [-0.2, 0) is 0 Å². The van der Waals surface area contributed by atoms with Gasteiger partial charge in [0, 0.05) is 28.5 Å². The van der Waals surface area contributed by atoms with E-state index in [0.717, 1.165) is 60.8 Å². The molecule has 0 aliphatic carbocycles. The molecule has 162 valence electrons. The Labute approximate surface area is 190 Å². The van der Waals surface area contributed by atoms with Gasteiger partial charge in [0.1, 0.15) is 11.5 Å². The van der Waals surface area contributed by atoms with Crippen molar-refractivity contribution in [2.45, 2.75) is 13.8 Å². The molecule has 0 fully saturated rings. The van der Waals surface area contributed by atoms with Crippen LogP contribution in [0.3, 0.4) is 0 Å². The van der Waals surface area contributed by atoms with Gasteiger partial charge in [0.15, 0.2) is 0 Å². The molecule has 0 saturated heterocycles. The maximum absolute atomic E-state index is 14.0. The van der Waals surface area contributed by atoms with E-state index < -0.39 is 0 Å². The Morgan fingerprint density at radius 1 is 1.12 bits per heavy atom. The van der Waals surface area contributed by atoms with Crippen LogP contribution in [0.5, 0.6) is 0 Å². The van der Waals surface area contributed by atoms with Gasteiger partial charge in [-0.05, 0) is 66.5 Å². The third kappa shape index (κ3) is 3.99. The van der Waals surface area contributed by atoms with Crippen molar-refractivity contribution >= 4 is 29.1 Å². The van der Waals surface area contributed by atoms with Gasteiger partial charge in [0.05, 0.1) is 22.9 Å². The minimum absolute atomic E-state index is 0.241. The number of rotatable bonds is 4. The molecule has 5 rings (SSSR count). The van der Waals surface area contributed by atoms with Crippen LogP contribution in [-0.4, -0.2) is 25.1 Å². The van der Waals surface area contributed by atoms with Crippen molar-refractivity contribution in [1.29, 1.82) is 0 Å². The smallest absolute Gasteiger partial charge is 0.124 e. The molecule has 0 unspecified atom stereocenters. The molecule has 0 spiro atoms. The molecule has 0 aliphatic rings. The van der Waals surface area contributed by atoms with Gasteiger partial charge in [-0.1, -0.05) is 30.9 Å². The zero-order valence-electron chi connectivity index (χ0n) is 18.4. The number of aromatic amines is 2. The number of benzene rings is 2. The van der Waals surface area contributed by atoms with Crippen molar-refractivity contribution < 1.29 is 4.39 Å². The number of nitrogens with zero attached hydrogens (tertiary/aromatic N) is 3. The largest absolute Gasteiger partial charge is 0.353 e. The molecule has 5 aromatic rings. The summed E-state index contributed by atoms with van der Waals surface area (Å²) in [6.07, 6.45) is 8.95. The van der Waals surface area contributed by atoms with E-state index >= 15 is 0 Å². The molecule has 0 atom stereocenters. The number of aromatic nitrogens is 5. The number of H-pyrrole nitrogens is 2. The molecule has 0 aliphatic heterocycles. The van der Waals surface area contributed by atoms with E-state index in [4.69, 9.17) is 0 Å². The van der Waals surface area contributed by atoms with Crippen molar-refractivity contribution in [1.82, 2.24) is 25.1 Å². The molecule has 0 saturated carbocycles.